The van der Waals surface area contributed by atoms with Gasteiger partial charge in [-0.1, -0.05) is 5.16 Å². The number of hydrogen-bond donors (Lipinski definition) is 1. The van der Waals surface area contributed by atoms with Crippen molar-refractivity contribution >= 4 is 12.1 Å². The molecule has 3 atom stereocenters. The number of carbonyl (C=O) groups excluding carboxylic acids is 2. The highest BCUT2D eigenvalue weighted by molar-refractivity contribution is 5.76. The zero-order valence-corrected chi connectivity index (χ0v) is 16.6. The second-order valence-electron chi connectivity index (χ2n) is 9.03. The standard InChI is InChI=1S/C19H28N4O5/c1-19(2,3)27-18(25)21-7-6-12(10-21)8-14-9-15(20-28-14)16-5-4-13-11-22(16)17(24)23(13)26/h9,12-13,16,26H,4-8,10-11H2,1-3H3/t12?,13-,16-/m0/s1. The minimum Gasteiger partial charge on any atom is -0.444 e. The van der Waals surface area contributed by atoms with E-state index in [-0.39, 0.29) is 24.2 Å². The van der Waals surface area contributed by atoms with Crippen molar-refractivity contribution in [3.05, 3.63) is 17.5 Å². The van der Waals surface area contributed by atoms with Crippen molar-refractivity contribution in [2.24, 2.45) is 5.92 Å². The van der Waals surface area contributed by atoms with Crippen LogP contribution in [0.2, 0.25) is 0 Å². The summed E-state index contributed by atoms with van der Waals surface area (Å²) >= 11 is 0. The Balaban J connectivity index is 1.35. The van der Waals surface area contributed by atoms with E-state index in [2.05, 4.69) is 5.16 Å². The maximum Gasteiger partial charge on any atom is 0.410 e. The summed E-state index contributed by atoms with van der Waals surface area (Å²) in [5.74, 6) is 1.06. The Hall–Kier alpha value is -2.29. The molecule has 154 valence electrons. The molecule has 4 heterocycles. The molecular weight excluding hydrogens is 364 g/mol. The Bertz CT molecular complexity index is 758. The minimum absolute atomic E-state index is 0.118. The summed E-state index contributed by atoms with van der Waals surface area (Å²) in [6.45, 7) is 7.43. The number of fused-ring (bicyclic) bond motifs is 2. The first kappa shape index (κ1) is 19.0. The van der Waals surface area contributed by atoms with Crippen LogP contribution >= 0.6 is 0 Å². The van der Waals surface area contributed by atoms with Gasteiger partial charge in [0, 0.05) is 32.1 Å². The predicted octanol–water partition coefficient (Wildman–Crippen LogP) is 2.80. The first-order valence-corrected chi connectivity index (χ1v) is 9.93. The van der Waals surface area contributed by atoms with Gasteiger partial charge in [-0.15, -0.1) is 0 Å². The van der Waals surface area contributed by atoms with Gasteiger partial charge in [0.15, 0.2) is 0 Å². The maximum atomic E-state index is 12.2. The Labute approximate surface area is 164 Å². The van der Waals surface area contributed by atoms with Gasteiger partial charge in [-0.05, 0) is 46.0 Å². The lowest BCUT2D eigenvalue weighted by Gasteiger charge is -2.28. The number of nitrogens with zero attached hydrogens (tertiary/aromatic N) is 4. The molecule has 3 aliphatic heterocycles. The number of ether oxygens (including phenoxy) is 1. The normalized spacial score (nSPS) is 27.6. The highest BCUT2D eigenvalue weighted by atomic mass is 16.6. The van der Waals surface area contributed by atoms with Crippen molar-refractivity contribution in [3.63, 3.8) is 0 Å². The summed E-state index contributed by atoms with van der Waals surface area (Å²) in [5.41, 5.74) is 0.240. The summed E-state index contributed by atoms with van der Waals surface area (Å²) < 4.78 is 11.0. The molecule has 9 heteroatoms. The van der Waals surface area contributed by atoms with Crippen LogP contribution in [0.15, 0.2) is 10.6 Å². The van der Waals surface area contributed by atoms with Crippen LogP contribution < -0.4 is 0 Å². The molecule has 3 amide bonds. The third kappa shape index (κ3) is 3.67. The molecule has 3 aliphatic rings. The molecule has 1 N–H and O–H groups in total. The van der Waals surface area contributed by atoms with Crippen molar-refractivity contribution in [2.75, 3.05) is 19.6 Å². The Morgan fingerprint density at radius 3 is 2.86 bits per heavy atom. The third-order valence-corrected chi connectivity index (χ3v) is 5.69. The number of aromatic nitrogens is 1. The van der Waals surface area contributed by atoms with Crippen LogP contribution in [0.25, 0.3) is 0 Å². The molecule has 0 aliphatic carbocycles. The van der Waals surface area contributed by atoms with E-state index in [0.717, 1.165) is 35.8 Å². The first-order chi connectivity index (χ1) is 13.2. The smallest absolute Gasteiger partial charge is 0.410 e. The molecule has 3 saturated heterocycles. The summed E-state index contributed by atoms with van der Waals surface area (Å²) in [4.78, 5) is 27.8. The third-order valence-electron chi connectivity index (χ3n) is 5.69. The summed E-state index contributed by atoms with van der Waals surface area (Å²) in [6, 6.07) is 1.28. The van der Waals surface area contributed by atoms with Gasteiger partial charge in [-0.25, -0.2) is 14.7 Å². The molecule has 4 rings (SSSR count). The van der Waals surface area contributed by atoms with Gasteiger partial charge in [0.05, 0.1) is 12.1 Å². The van der Waals surface area contributed by atoms with Crippen molar-refractivity contribution < 1.29 is 24.1 Å². The largest absolute Gasteiger partial charge is 0.444 e. The van der Waals surface area contributed by atoms with Gasteiger partial charge in [0.2, 0.25) is 0 Å². The van der Waals surface area contributed by atoms with E-state index in [4.69, 9.17) is 9.26 Å². The minimum atomic E-state index is -0.495. The first-order valence-electron chi connectivity index (χ1n) is 9.93. The number of hydroxylamine groups is 2. The van der Waals surface area contributed by atoms with Gasteiger partial charge in [0.1, 0.15) is 17.1 Å². The van der Waals surface area contributed by atoms with Gasteiger partial charge in [0.25, 0.3) is 0 Å². The van der Waals surface area contributed by atoms with Crippen molar-refractivity contribution in [3.8, 4) is 0 Å². The van der Waals surface area contributed by atoms with Gasteiger partial charge >= 0.3 is 12.1 Å². The lowest BCUT2D eigenvalue weighted by atomic mass is 9.97. The van der Waals surface area contributed by atoms with Crippen LogP contribution in [0.4, 0.5) is 9.59 Å². The number of hydrogen-bond acceptors (Lipinski definition) is 6. The molecule has 1 aromatic heterocycles. The molecule has 0 aromatic carbocycles. The lowest BCUT2D eigenvalue weighted by Crippen LogP contribution is -2.35. The summed E-state index contributed by atoms with van der Waals surface area (Å²) in [6.07, 6.45) is 2.83. The maximum absolute atomic E-state index is 12.2. The van der Waals surface area contributed by atoms with Crippen LogP contribution in [-0.4, -0.2) is 68.6 Å². The fraction of sp³-hybridized carbons (Fsp3) is 0.737. The number of carbonyl (C=O) groups is 2. The van der Waals surface area contributed by atoms with Gasteiger partial charge < -0.3 is 19.1 Å². The monoisotopic (exact) mass is 392 g/mol. The van der Waals surface area contributed by atoms with Gasteiger partial charge in [-0.3, -0.25) is 5.21 Å². The zero-order chi connectivity index (χ0) is 20.1. The number of rotatable bonds is 3. The summed E-state index contributed by atoms with van der Waals surface area (Å²) in [7, 11) is 0. The molecule has 1 unspecified atom stereocenters. The quantitative estimate of drug-likeness (QED) is 0.794. The number of likely N-dealkylation sites (tertiary alicyclic amines) is 1. The SMILES string of the molecule is CC(C)(C)OC(=O)N1CCC(Cc2cc([C@@H]3CC[C@H]4CN3C(=O)N4O)no2)C1. The molecule has 1 aromatic rings. The average molecular weight is 392 g/mol. The molecule has 9 nitrogen and oxygen atoms in total. The van der Waals surface area contributed by atoms with E-state index in [1.807, 2.05) is 26.8 Å². The highest BCUT2D eigenvalue weighted by Gasteiger charge is 2.45. The molecule has 0 spiro atoms. The zero-order valence-electron chi connectivity index (χ0n) is 16.6. The number of piperidine rings is 1. The molecule has 28 heavy (non-hydrogen) atoms. The topological polar surface area (TPSA) is 99.4 Å². The van der Waals surface area contributed by atoms with Crippen molar-refractivity contribution in [1.29, 1.82) is 0 Å². The molecular formula is C19H28N4O5. The predicted molar refractivity (Wildman–Crippen MR) is 97.6 cm³/mol. The van der Waals surface area contributed by atoms with Gasteiger partial charge in [-0.2, -0.15) is 0 Å². The van der Waals surface area contributed by atoms with E-state index in [1.54, 1.807) is 9.80 Å². The van der Waals surface area contributed by atoms with Crippen molar-refractivity contribution in [1.82, 2.24) is 20.0 Å². The lowest BCUT2D eigenvalue weighted by molar-refractivity contribution is -0.0584. The van der Waals surface area contributed by atoms with Crippen LogP contribution in [0.3, 0.4) is 0 Å². The van der Waals surface area contributed by atoms with E-state index < -0.39 is 5.60 Å². The molecule has 2 bridgehead atoms. The fourth-order valence-electron chi connectivity index (χ4n) is 4.32. The molecule has 0 radical (unpaired) electrons. The number of urea groups is 1. The van der Waals surface area contributed by atoms with E-state index in [1.165, 1.54) is 0 Å². The fourth-order valence-corrected chi connectivity index (χ4v) is 4.32. The van der Waals surface area contributed by atoms with E-state index in [0.29, 0.717) is 32.0 Å². The van der Waals surface area contributed by atoms with E-state index in [9.17, 15) is 14.8 Å². The van der Waals surface area contributed by atoms with Crippen LogP contribution in [0.1, 0.15) is 57.5 Å². The van der Waals surface area contributed by atoms with E-state index >= 15 is 0 Å². The average Bonchev–Trinajstić information content (AvgIpc) is 3.32. The Kier molecular flexibility index (Phi) is 4.73. The van der Waals surface area contributed by atoms with Crippen LogP contribution in [0, 0.1) is 5.92 Å². The van der Waals surface area contributed by atoms with Crippen LogP contribution in [-0.2, 0) is 11.2 Å². The number of amides is 3. The molecule has 0 saturated carbocycles. The Morgan fingerprint density at radius 2 is 2.11 bits per heavy atom. The van der Waals surface area contributed by atoms with Crippen LogP contribution in [0.5, 0.6) is 0 Å². The second-order valence-corrected chi connectivity index (χ2v) is 9.03. The Morgan fingerprint density at radius 1 is 1.32 bits per heavy atom. The summed E-state index contributed by atoms with van der Waals surface area (Å²) in [5, 5.41) is 14.8. The molecule has 3 fully saturated rings. The second kappa shape index (κ2) is 6.95. The van der Waals surface area contributed by atoms with Crippen molar-refractivity contribution in [2.45, 2.75) is 64.1 Å². The highest BCUT2D eigenvalue weighted by Crippen LogP contribution is 2.37.